The SMILES string of the molecule is COc1ccc(CCNC(=O)C2CC2C(=O)Nc2cccc(F)c2)cc1OC. The molecule has 7 heteroatoms. The van der Waals surface area contributed by atoms with Crippen molar-refractivity contribution in [2.75, 3.05) is 26.1 Å². The van der Waals surface area contributed by atoms with Crippen molar-refractivity contribution in [1.82, 2.24) is 5.32 Å². The molecule has 1 fully saturated rings. The van der Waals surface area contributed by atoms with Gasteiger partial charge in [0.15, 0.2) is 11.5 Å². The van der Waals surface area contributed by atoms with E-state index in [1.807, 2.05) is 18.2 Å². The van der Waals surface area contributed by atoms with Crippen LogP contribution in [0.3, 0.4) is 0 Å². The number of amides is 2. The zero-order valence-corrected chi connectivity index (χ0v) is 15.8. The number of hydrogen-bond donors (Lipinski definition) is 2. The normalized spacial score (nSPS) is 17.5. The maximum Gasteiger partial charge on any atom is 0.228 e. The Morgan fingerprint density at radius 2 is 1.79 bits per heavy atom. The predicted octanol–water partition coefficient (Wildman–Crippen LogP) is 2.78. The first kappa shape index (κ1) is 19.7. The molecule has 0 heterocycles. The number of hydrogen-bond acceptors (Lipinski definition) is 4. The highest BCUT2D eigenvalue weighted by atomic mass is 19.1. The van der Waals surface area contributed by atoms with Crippen LogP contribution in [0.25, 0.3) is 0 Å². The Morgan fingerprint density at radius 1 is 1.04 bits per heavy atom. The molecular formula is C21H23FN2O4. The molecule has 0 aliphatic heterocycles. The van der Waals surface area contributed by atoms with E-state index in [9.17, 15) is 14.0 Å². The third kappa shape index (κ3) is 4.79. The third-order valence-electron chi connectivity index (χ3n) is 4.72. The van der Waals surface area contributed by atoms with E-state index in [2.05, 4.69) is 10.6 Å². The molecule has 2 aromatic rings. The van der Waals surface area contributed by atoms with Crippen LogP contribution in [0.4, 0.5) is 10.1 Å². The molecule has 1 aliphatic carbocycles. The Balaban J connectivity index is 1.44. The quantitative estimate of drug-likeness (QED) is 0.732. The van der Waals surface area contributed by atoms with Crippen molar-refractivity contribution < 1.29 is 23.5 Å². The van der Waals surface area contributed by atoms with Crippen molar-refractivity contribution >= 4 is 17.5 Å². The van der Waals surface area contributed by atoms with Gasteiger partial charge in [0.05, 0.1) is 26.1 Å². The van der Waals surface area contributed by atoms with E-state index >= 15 is 0 Å². The topological polar surface area (TPSA) is 76.7 Å². The number of carbonyl (C=O) groups excluding carboxylic acids is 2. The fourth-order valence-electron chi connectivity index (χ4n) is 3.07. The highest BCUT2D eigenvalue weighted by Gasteiger charge is 2.47. The lowest BCUT2D eigenvalue weighted by Crippen LogP contribution is -2.29. The molecule has 3 rings (SSSR count). The first-order valence-corrected chi connectivity index (χ1v) is 9.07. The van der Waals surface area contributed by atoms with Gasteiger partial charge >= 0.3 is 0 Å². The van der Waals surface area contributed by atoms with Gasteiger partial charge in [0, 0.05) is 12.2 Å². The van der Waals surface area contributed by atoms with Gasteiger partial charge in [0.2, 0.25) is 11.8 Å². The number of halogens is 1. The van der Waals surface area contributed by atoms with Crippen LogP contribution < -0.4 is 20.1 Å². The van der Waals surface area contributed by atoms with Crippen molar-refractivity contribution in [1.29, 1.82) is 0 Å². The second-order valence-corrected chi connectivity index (χ2v) is 6.68. The Labute approximate surface area is 163 Å². The highest BCUT2D eigenvalue weighted by Crippen LogP contribution is 2.39. The molecule has 0 spiro atoms. The van der Waals surface area contributed by atoms with Gasteiger partial charge in [0.1, 0.15) is 5.82 Å². The molecule has 148 valence electrons. The lowest BCUT2D eigenvalue weighted by molar-refractivity contribution is -0.125. The van der Waals surface area contributed by atoms with Gasteiger partial charge in [-0.25, -0.2) is 4.39 Å². The molecule has 2 N–H and O–H groups in total. The zero-order chi connectivity index (χ0) is 20.1. The van der Waals surface area contributed by atoms with E-state index in [-0.39, 0.29) is 23.7 Å². The molecule has 1 saturated carbocycles. The van der Waals surface area contributed by atoms with Gasteiger partial charge < -0.3 is 20.1 Å². The average Bonchev–Trinajstić information content (AvgIpc) is 3.49. The minimum atomic E-state index is -0.418. The fourth-order valence-corrected chi connectivity index (χ4v) is 3.07. The molecule has 0 saturated heterocycles. The highest BCUT2D eigenvalue weighted by molar-refractivity contribution is 5.99. The average molecular weight is 386 g/mol. The summed E-state index contributed by atoms with van der Waals surface area (Å²) >= 11 is 0. The molecular weight excluding hydrogens is 363 g/mol. The Hall–Kier alpha value is -3.09. The molecule has 0 bridgehead atoms. The summed E-state index contributed by atoms with van der Waals surface area (Å²) < 4.78 is 23.7. The summed E-state index contributed by atoms with van der Waals surface area (Å²) in [6.07, 6.45) is 1.14. The second kappa shape index (κ2) is 8.73. The van der Waals surface area contributed by atoms with Gasteiger partial charge in [-0.3, -0.25) is 9.59 Å². The molecule has 2 unspecified atom stereocenters. The van der Waals surface area contributed by atoms with Crippen LogP contribution in [0.5, 0.6) is 11.5 Å². The van der Waals surface area contributed by atoms with Crippen LogP contribution in [0.1, 0.15) is 12.0 Å². The summed E-state index contributed by atoms with van der Waals surface area (Å²) in [6, 6.07) is 11.3. The first-order chi connectivity index (χ1) is 13.5. The van der Waals surface area contributed by atoms with Gasteiger partial charge in [-0.15, -0.1) is 0 Å². The zero-order valence-electron chi connectivity index (χ0n) is 15.8. The summed E-state index contributed by atoms with van der Waals surface area (Å²) in [4.78, 5) is 24.4. The maximum atomic E-state index is 13.2. The molecule has 28 heavy (non-hydrogen) atoms. The number of ether oxygens (including phenoxy) is 2. The lowest BCUT2D eigenvalue weighted by Gasteiger charge is -2.10. The molecule has 0 aromatic heterocycles. The Kier molecular flexibility index (Phi) is 6.13. The maximum absolute atomic E-state index is 13.2. The number of nitrogens with one attached hydrogen (secondary N) is 2. The predicted molar refractivity (Wildman–Crippen MR) is 103 cm³/mol. The van der Waals surface area contributed by atoms with Gasteiger partial charge in [-0.1, -0.05) is 12.1 Å². The van der Waals surface area contributed by atoms with Crippen LogP contribution in [0, 0.1) is 17.7 Å². The van der Waals surface area contributed by atoms with E-state index in [1.165, 1.54) is 18.2 Å². The first-order valence-electron chi connectivity index (χ1n) is 9.07. The summed E-state index contributed by atoms with van der Waals surface area (Å²) in [7, 11) is 3.15. The number of rotatable bonds is 8. The standard InChI is InChI=1S/C21H23FN2O4/c1-27-18-7-6-13(10-19(18)28-2)8-9-23-20(25)16-12-17(16)21(26)24-15-5-3-4-14(22)11-15/h3-7,10-11,16-17H,8-9,12H2,1-2H3,(H,23,25)(H,24,26). The summed E-state index contributed by atoms with van der Waals surface area (Å²) in [5, 5.41) is 5.52. The molecule has 6 nitrogen and oxygen atoms in total. The molecule has 2 aromatic carbocycles. The number of anilines is 1. The smallest absolute Gasteiger partial charge is 0.228 e. The summed E-state index contributed by atoms with van der Waals surface area (Å²) in [6.45, 7) is 0.461. The lowest BCUT2D eigenvalue weighted by atomic mass is 10.1. The molecule has 0 radical (unpaired) electrons. The van der Waals surface area contributed by atoms with Gasteiger partial charge in [-0.05, 0) is 48.7 Å². The fraction of sp³-hybridized carbons (Fsp3) is 0.333. The summed E-state index contributed by atoms with van der Waals surface area (Å²) in [5.74, 6) is -0.227. The van der Waals surface area contributed by atoms with Crippen LogP contribution in [0.15, 0.2) is 42.5 Å². The van der Waals surface area contributed by atoms with E-state index in [4.69, 9.17) is 9.47 Å². The minimum Gasteiger partial charge on any atom is -0.493 e. The van der Waals surface area contributed by atoms with E-state index in [1.54, 1.807) is 20.3 Å². The van der Waals surface area contributed by atoms with Crippen LogP contribution in [-0.2, 0) is 16.0 Å². The van der Waals surface area contributed by atoms with Crippen molar-refractivity contribution in [2.24, 2.45) is 11.8 Å². The minimum absolute atomic E-state index is 0.139. The molecule has 2 atom stereocenters. The summed E-state index contributed by atoms with van der Waals surface area (Å²) in [5.41, 5.74) is 1.40. The van der Waals surface area contributed by atoms with Crippen molar-refractivity contribution in [2.45, 2.75) is 12.8 Å². The Morgan fingerprint density at radius 3 is 2.50 bits per heavy atom. The monoisotopic (exact) mass is 386 g/mol. The largest absolute Gasteiger partial charge is 0.493 e. The number of methoxy groups -OCH3 is 2. The van der Waals surface area contributed by atoms with Gasteiger partial charge in [-0.2, -0.15) is 0 Å². The van der Waals surface area contributed by atoms with E-state index in [0.29, 0.717) is 36.6 Å². The Bertz CT molecular complexity index is 871. The van der Waals surface area contributed by atoms with Crippen LogP contribution in [0.2, 0.25) is 0 Å². The van der Waals surface area contributed by atoms with Crippen LogP contribution in [-0.4, -0.2) is 32.6 Å². The second-order valence-electron chi connectivity index (χ2n) is 6.68. The van der Waals surface area contributed by atoms with E-state index < -0.39 is 5.82 Å². The van der Waals surface area contributed by atoms with E-state index in [0.717, 1.165) is 5.56 Å². The number of benzene rings is 2. The molecule has 1 aliphatic rings. The van der Waals surface area contributed by atoms with Crippen molar-refractivity contribution in [3.63, 3.8) is 0 Å². The van der Waals surface area contributed by atoms with Crippen molar-refractivity contribution in [3.8, 4) is 11.5 Å². The van der Waals surface area contributed by atoms with Crippen LogP contribution >= 0.6 is 0 Å². The third-order valence-corrected chi connectivity index (χ3v) is 4.72. The molecule has 2 amide bonds. The van der Waals surface area contributed by atoms with Crippen molar-refractivity contribution in [3.05, 3.63) is 53.8 Å². The number of carbonyl (C=O) groups is 2. The van der Waals surface area contributed by atoms with Gasteiger partial charge in [0.25, 0.3) is 0 Å².